The maximum atomic E-state index is 13.6. The summed E-state index contributed by atoms with van der Waals surface area (Å²) in [6.45, 7) is 8.91. The van der Waals surface area contributed by atoms with Gasteiger partial charge in [0, 0.05) is 30.4 Å². The van der Waals surface area contributed by atoms with E-state index in [1.807, 2.05) is 45.0 Å². The number of carbonyl (C=O) groups is 1. The SMILES string of the molecule is CCC(C)N(Cc1c(-c2ccc(F)cc2)noc1N1CCOCC1)C(=O)Nc1ccc(C)cc1. The first-order valence-corrected chi connectivity index (χ1v) is 11.7. The molecule has 7 nitrogen and oxygen atoms in total. The molecule has 3 aromatic rings. The second-order valence-electron chi connectivity index (χ2n) is 8.60. The van der Waals surface area contributed by atoms with Crippen LogP contribution in [0.1, 0.15) is 31.4 Å². The molecular formula is C26H31FN4O3. The molecule has 0 spiro atoms. The van der Waals surface area contributed by atoms with Crippen molar-refractivity contribution in [1.82, 2.24) is 10.1 Å². The molecular weight excluding hydrogens is 435 g/mol. The van der Waals surface area contributed by atoms with Gasteiger partial charge >= 0.3 is 6.03 Å². The molecule has 1 saturated heterocycles. The highest BCUT2D eigenvalue weighted by Gasteiger charge is 2.29. The van der Waals surface area contributed by atoms with Crippen molar-refractivity contribution in [3.05, 3.63) is 65.5 Å². The molecule has 8 heteroatoms. The van der Waals surface area contributed by atoms with E-state index in [2.05, 4.69) is 15.4 Å². The third kappa shape index (κ3) is 5.39. The molecule has 1 aliphatic rings. The monoisotopic (exact) mass is 466 g/mol. The van der Waals surface area contributed by atoms with Crippen LogP contribution in [0, 0.1) is 12.7 Å². The highest BCUT2D eigenvalue weighted by atomic mass is 19.1. The zero-order valence-corrected chi connectivity index (χ0v) is 19.9. The van der Waals surface area contributed by atoms with E-state index < -0.39 is 0 Å². The fourth-order valence-electron chi connectivity index (χ4n) is 3.94. The summed E-state index contributed by atoms with van der Waals surface area (Å²) in [5.74, 6) is 0.306. The second-order valence-corrected chi connectivity index (χ2v) is 8.60. The van der Waals surface area contributed by atoms with Gasteiger partial charge in [0.05, 0.1) is 25.3 Å². The summed E-state index contributed by atoms with van der Waals surface area (Å²) in [6, 6.07) is 13.7. The number of amides is 2. The number of nitrogens with zero attached hydrogens (tertiary/aromatic N) is 3. The molecule has 34 heavy (non-hydrogen) atoms. The smallest absolute Gasteiger partial charge is 0.322 e. The Morgan fingerprint density at radius 1 is 1.15 bits per heavy atom. The Labute approximate surface area is 199 Å². The summed E-state index contributed by atoms with van der Waals surface area (Å²) in [4.78, 5) is 17.3. The van der Waals surface area contributed by atoms with Gasteiger partial charge in [-0.3, -0.25) is 0 Å². The molecule has 0 saturated carbocycles. The number of hydrogen-bond donors (Lipinski definition) is 1. The Hall–Kier alpha value is -3.39. The first kappa shape index (κ1) is 23.8. The summed E-state index contributed by atoms with van der Waals surface area (Å²) in [5.41, 5.74) is 4.01. The van der Waals surface area contributed by atoms with Gasteiger partial charge < -0.3 is 24.4 Å². The van der Waals surface area contributed by atoms with Crippen molar-refractivity contribution in [2.45, 2.75) is 39.8 Å². The van der Waals surface area contributed by atoms with Crippen molar-refractivity contribution in [2.75, 3.05) is 36.5 Å². The number of carbonyl (C=O) groups excluding carboxylic acids is 1. The maximum absolute atomic E-state index is 13.6. The lowest BCUT2D eigenvalue weighted by Crippen LogP contribution is -2.41. The van der Waals surface area contributed by atoms with Crippen LogP contribution in [-0.2, 0) is 11.3 Å². The molecule has 180 valence electrons. The third-order valence-corrected chi connectivity index (χ3v) is 6.20. The van der Waals surface area contributed by atoms with Crippen LogP contribution in [0.4, 0.5) is 20.8 Å². The number of urea groups is 1. The summed E-state index contributed by atoms with van der Waals surface area (Å²) >= 11 is 0. The van der Waals surface area contributed by atoms with E-state index in [4.69, 9.17) is 9.26 Å². The molecule has 1 aliphatic heterocycles. The largest absolute Gasteiger partial charge is 0.378 e. The minimum absolute atomic E-state index is 0.0287. The van der Waals surface area contributed by atoms with E-state index >= 15 is 0 Å². The number of aromatic nitrogens is 1. The second kappa shape index (κ2) is 10.7. The van der Waals surface area contributed by atoms with Gasteiger partial charge in [-0.15, -0.1) is 0 Å². The van der Waals surface area contributed by atoms with Crippen molar-refractivity contribution in [3.8, 4) is 11.3 Å². The number of halogens is 1. The fourth-order valence-corrected chi connectivity index (χ4v) is 3.94. The maximum Gasteiger partial charge on any atom is 0.322 e. The highest BCUT2D eigenvalue weighted by Crippen LogP contribution is 2.34. The van der Waals surface area contributed by atoms with Gasteiger partial charge in [-0.2, -0.15) is 0 Å². The number of hydrogen-bond acceptors (Lipinski definition) is 5. The average molecular weight is 467 g/mol. The van der Waals surface area contributed by atoms with Crippen LogP contribution in [0.2, 0.25) is 0 Å². The molecule has 0 aliphatic carbocycles. The topological polar surface area (TPSA) is 70.8 Å². The van der Waals surface area contributed by atoms with E-state index in [1.54, 1.807) is 17.0 Å². The molecule has 2 aromatic carbocycles. The molecule has 2 amide bonds. The third-order valence-electron chi connectivity index (χ3n) is 6.20. The quantitative estimate of drug-likeness (QED) is 0.501. The Balaban J connectivity index is 1.68. The summed E-state index contributed by atoms with van der Waals surface area (Å²) in [5, 5.41) is 7.36. The average Bonchev–Trinajstić information content (AvgIpc) is 3.28. The minimum atomic E-state index is -0.319. The lowest BCUT2D eigenvalue weighted by Gasteiger charge is -2.31. The molecule has 1 atom stereocenters. The van der Waals surface area contributed by atoms with Gasteiger partial charge in [0.2, 0.25) is 5.88 Å². The van der Waals surface area contributed by atoms with Crippen LogP contribution in [0.3, 0.4) is 0 Å². The lowest BCUT2D eigenvalue weighted by atomic mass is 10.1. The van der Waals surface area contributed by atoms with Gasteiger partial charge in [-0.05, 0) is 56.7 Å². The number of anilines is 2. The van der Waals surface area contributed by atoms with Gasteiger partial charge in [0.1, 0.15) is 11.5 Å². The molecule has 1 unspecified atom stereocenters. The number of ether oxygens (including phenoxy) is 1. The van der Waals surface area contributed by atoms with Crippen molar-refractivity contribution in [2.24, 2.45) is 0 Å². The number of rotatable bonds is 7. The normalized spacial score (nSPS) is 14.6. The Morgan fingerprint density at radius 3 is 2.47 bits per heavy atom. The van der Waals surface area contributed by atoms with E-state index in [9.17, 15) is 9.18 Å². The van der Waals surface area contributed by atoms with Crippen LogP contribution in [0.25, 0.3) is 11.3 Å². The van der Waals surface area contributed by atoms with Crippen LogP contribution in [0.5, 0.6) is 0 Å². The number of aryl methyl sites for hydroxylation is 1. The van der Waals surface area contributed by atoms with E-state index in [1.165, 1.54) is 12.1 Å². The summed E-state index contributed by atoms with van der Waals surface area (Å²) in [6.07, 6.45) is 0.783. The summed E-state index contributed by atoms with van der Waals surface area (Å²) < 4.78 is 24.9. The Bertz CT molecular complexity index is 1090. The lowest BCUT2D eigenvalue weighted by molar-refractivity contribution is 0.119. The predicted octanol–water partition coefficient (Wildman–Crippen LogP) is 5.46. The zero-order valence-electron chi connectivity index (χ0n) is 19.9. The standard InChI is InChI=1S/C26H31FN4O3/c1-4-19(3)31(26(32)28-22-11-5-18(2)6-12-22)17-23-24(20-7-9-21(27)10-8-20)29-34-25(23)30-13-15-33-16-14-30/h5-12,19H,4,13-17H2,1-3H3,(H,28,32). The minimum Gasteiger partial charge on any atom is -0.378 e. The Kier molecular flexibility index (Phi) is 7.47. The molecule has 2 heterocycles. The van der Waals surface area contributed by atoms with Crippen LogP contribution in [0.15, 0.2) is 53.1 Å². The molecule has 1 aromatic heterocycles. The number of nitrogens with one attached hydrogen (secondary N) is 1. The van der Waals surface area contributed by atoms with Crippen molar-refractivity contribution >= 4 is 17.6 Å². The predicted molar refractivity (Wildman–Crippen MR) is 130 cm³/mol. The molecule has 1 N–H and O–H groups in total. The van der Waals surface area contributed by atoms with Crippen LogP contribution < -0.4 is 10.2 Å². The van der Waals surface area contributed by atoms with Crippen LogP contribution >= 0.6 is 0 Å². The number of benzene rings is 2. The van der Waals surface area contributed by atoms with Crippen molar-refractivity contribution in [3.63, 3.8) is 0 Å². The van der Waals surface area contributed by atoms with Gasteiger partial charge in [0.15, 0.2) is 0 Å². The van der Waals surface area contributed by atoms with Crippen LogP contribution in [-0.4, -0.2) is 48.4 Å². The molecule has 1 fully saturated rings. The first-order valence-electron chi connectivity index (χ1n) is 11.7. The molecule has 4 rings (SSSR count). The van der Waals surface area contributed by atoms with E-state index in [0.29, 0.717) is 44.4 Å². The van der Waals surface area contributed by atoms with E-state index in [0.717, 1.165) is 28.8 Å². The van der Waals surface area contributed by atoms with Crippen molar-refractivity contribution in [1.29, 1.82) is 0 Å². The molecule has 0 radical (unpaired) electrons. The number of morpholine rings is 1. The zero-order chi connectivity index (χ0) is 24.1. The Morgan fingerprint density at radius 2 is 1.82 bits per heavy atom. The summed E-state index contributed by atoms with van der Waals surface area (Å²) in [7, 11) is 0. The fraction of sp³-hybridized carbons (Fsp3) is 0.385. The van der Waals surface area contributed by atoms with Gasteiger partial charge in [-0.25, -0.2) is 9.18 Å². The molecule has 0 bridgehead atoms. The van der Waals surface area contributed by atoms with E-state index in [-0.39, 0.29) is 17.9 Å². The van der Waals surface area contributed by atoms with Gasteiger partial charge in [0.25, 0.3) is 0 Å². The van der Waals surface area contributed by atoms with Gasteiger partial charge in [-0.1, -0.05) is 29.8 Å². The highest BCUT2D eigenvalue weighted by molar-refractivity contribution is 5.89. The van der Waals surface area contributed by atoms with Crippen molar-refractivity contribution < 1.29 is 18.4 Å². The first-order chi connectivity index (χ1) is 16.5.